The number of hydrogen-bond donors (Lipinski definition) is 2. The van der Waals surface area contributed by atoms with Gasteiger partial charge in [-0.3, -0.25) is 0 Å². The van der Waals surface area contributed by atoms with E-state index in [0.717, 1.165) is 45.7 Å². The summed E-state index contributed by atoms with van der Waals surface area (Å²) >= 11 is 3.41. The van der Waals surface area contributed by atoms with Crippen LogP contribution in [0.25, 0.3) is 0 Å². The van der Waals surface area contributed by atoms with Gasteiger partial charge in [0.25, 0.3) is 0 Å². The normalized spacial score (nSPS) is 12.1. The van der Waals surface area contributed by atoms with Gasteiger partial charge in [-0.1, -0.05) is 57.9 Å². The zero-order valence-electron chi connectivity index (χ0n) is 20.7. The first-order chi connectivity index (χ1) is 15.2. The molecule has 1 heterocycles. The number of benzene rings is 1. The fourth-order valence-corrected chi connectivity index (χ4v) is 5.43. The predicted octanol–water partition coefficient (Wildman–Crippen LogP) is 7.57. The van der Waals surface area contributed by atoms with Crippen molar-refractivity contribution in [1.82, 2.24) is 10.3 Å². The van der Waals surface area contributed by atoms with Gasteiger partial charge in [0.2, 0.25) is 0 Å². The quantitative estimate of drug-likeness (QED) is 0.330. The monoisotopic (exact) mass is 473 g/mol. The Hall–Kier alpha value is -1.66. The molecule has 2 N–H and O–H groups in total. The Kier molecular flexibility index (Phi) is 10.9. The summed E-state index contributed by atoms with van der Waals surface area (Å²) < 4.78 is 0. The van der Waals surface area contributed by atoms with Crippen LogP contribution >= 0.6 is 23.5 Å². The Morgan fingerprint density at radius 2 is 1.75 bits per heavy atom. The average molecular weight is 474 g/mol. The number of anilines is 1. The molecule has 0 spiro atoms. The van der Waals surface area contributed by atoms with Crippen LogP contribution in [0, 0.1) is 26.7 Å². The van der Waals surface area contributed by atoms with Gasteiger partial charge in [-0.05, 0) is 61.8 Å². The number of carbonyl (C=O) groups excluding carboxylic acids is 1. The van der Waals surface area contributed by atoms with Gasteiger partial charge in [0.15, 0.2) is 0 Å². The maximum absolute atomic E-state index is 13.0. The lowest BCUT2D eigenvalue weighted by molar-refractivity contribution is 0.251. The van der Waals surface area contributed by atoms with Crippen LogP contribution in [0.5, 0.6) is 0 Å². The second-order valence-corrected chi connectivity index (χ2v) is 11.2. The molecule has 1 atom stereocenters. The number of nitrogens with one attached hydrogen (secondary N) is 2. The van der Waals surface area contributed by atoms with Crippen molar-refractivity contribution >= 4 is 35.2 Å². The van der Waals surface area contributed by atoms with Crippen LogP contribution < -0.4 is 10.6 Å². The van der Waals surface area contributed by atoms with Crippen molar-refractivity contribution in [2.45, 2.75) is 77.1 Å². The molecule has 0 radical (unpaired) electrons. The lowest BCUT2D eigenvalue weighted by Gasteiger charge is -2.22. The number of nitrogens with zero attached hydrogens (tertiary/aromatic N) is 1. The van der Waals surface area contributed by atoms with Gasteiger partial charge >= 0.3 is 6.03 Å². The van der Waals surface area contributed by atoms with Gasteiger partial charge in [0.05, 0.1) is 5.69 Å². The van der Waals surface area contributed by atoms with E-state index in [-0.39, 0.29) is 6.03 Å². The summed E-state index contributed by atoms with van der Waals surface area (Å²) in [6, 6.07) is 8.52. The molecule has 176 valence electrons. The summed E-state index contributed by atoms with van der Waals surface area (Å²) in [6.07, 6.45) is 2.19. The number of urea groups is 1. The Labute approximate surface area is 203 Å². The molecular formula is C26H39N3OS2. The van der Waals surface area contributed by atoms with E-state index in [1.165, 1.54) is 16.7 Å². The molecule has 4 nitrogen and oxygen atoms in total. The number of pyridine rings is 1. The Morgan fingerprint density at radius 3 is 2.41 bits per heavy atom. The third-order valence-electron chi connectivity index (χ3n) is 5.37. The number of hydrogen-bond acceptors (Lipinski definition) is 4. The topological polar surface area (TPSA) is 54.0 Å². The van der Waals surface area contributed by atoms with Crippen LogP contribution in [-0.2, 0) is 0 Å². The molecule has 32 heavy (non-hydrogen) atoms. The van der Waals surface area contributed by atoms with E-state index in [1.54, 1.807) is 23.5 Å². The van der Waals surface area contributed by atoms with E-state index in [2.05, 4.69) is 81.4 Å². The van der Waals surface area contributed by atoms with Crippen molar-refractivity contribution in [1.29, 1.82) is 0 Å². The van der Waals surface area contributed by atoms with Crippen LogP contribution in [0.4, 0.5) is 10.5 Å². The van der Waals surface area contributed by atoms with E-state index in [0.29, 0.717) is 18.4 Å². The highest BCUT2D eigenvalue weighted by Gasteiger charge is 2.18. The fraction of sp³-hybridized carbons (Fsp3) is 0.538. The van der Waals surface area contributed by atoms with Gasteiger partial charge in [-0.25, -0.2) is 9.78 Å². The summed E-state index contributed by atoms with van der Waals surface area (Å²) in [5, 5.41) is 7.17. The Morgan fingerprint density at radius 1 is 1.03 bits per heavy atom. The van der Waals surface area contributed by atoms with Crippen LogP contribution in [0.1, 0.15) is 68.8 Å². The molecule has 0 saturated heterocycles. The second kappa shape index (κ2) is 13.1. The molecule has 0 aliphatic carbocycles. The molecule has 0 aliphatic heterocycles. The number of aryl methyl sites for hydroxylation is 3. The van der Waals surface area contributed by atoms with E-state index in [4.69, 9.17) is 0 Å². The molecule has 0 bridgehead atoms. The minimum Gasteiger partial charge on any atom is -0.337 e. The van der Waals surface area contributed by atoms with Gasteiger partial charge in [-0.2, -0.15) is 0 Å². The number of carbonyl (C=O) groups is 1. The number of thioether (sulfide) groups is 2. The lowest BCUT2D eigenvalue weighted by atomic mass is 9.88. The van der Waals surface area contributed by atoms with Gasteiger partial charge in [0.1, 0.15) is 5.03 Å². The van der Waals surface area contributed by atoms with Crippen molar-refractivity contribution in [3.8, 4) is 0 Å². The van der Waals surface area contributed by atoms with Crippen molar-refractivity contribution in [2.75, 3.05) is 23.4 Å². The molecule has 2 rings (SSSR count). The van der Waals surface area contributed by atoms with E-state index in [1.807, 2.05) is 6.92 Å². The van der Waals surface area contributed by atoms with Gasteiger partial charge in [0, 0.05) is 23.1 Å². The first kappa shape index (κ1) is 26.6. The fourth-order valence-electron chi connectivity index (χ4n) is 3.72. The molecule has 1 aromatic carbocycles. The predicted molar refractivity (Wildman–Crippen MR) is 142 cm³/mol. The van der Waals surface area contributed by atoms with E-state index >= 15 is 0 Å². The van der Waals surface area contributed by atoms with Crippen LogP contribution in [-0.4, -0.2) is 29.1 Å². The highest BCUT2D eigenvalue weighted by molar-refractivity contribution is 8.00. The number of rotatable bonds is 11. The summed E-state index contributed by atoms with van der Waals surface area (Å²) in [5.41, 5.74) is 5.70. The van der Waals surface area contributed by atoms with Crippen LogP contribution in [0.15, 0.2) is 34.2 Å². The summed E-state index contributed by atoms with van der Waals surface area (Å²) in [6.45, 7) is 15.7. The van der Waals surface area contributed by atoms with Gasteiger partial charge < -0.3 is 10.6 Å². The number of amides is 2. The molecule has 1 aromatic heterocycles. The molecule has 2 amide bonds. The second-order valence-electron chi connectivity index (χ2n) is 8.67. The number of aromatic nitrogens is 1. The average Bonchev–Trinajstić information content (AvgIpc) is 2.72. The van der Waals surface area contributed by atoms with E-state index < -0.39 is 0 Å². The molecule has 0 aliphatic rings. The van der Waals surface area contributed by atoms with E-state index in [9.17, 15) is 4.79 Å². The first-order valence-corrected chi connectivity index (χ1v) is 13.6. The molecular weight excluding hydrogens is 434 g/mol. The van der Waals surface area contributed by atoms with Crippen LogP contribution in [0.2, 0.25) is 0 Å². The van der Waals surface area contributed by atoms with Crippen molar-refractivity contribution in [3.05, 3.63) is 46.6 Å². The van der Waals surface area contributed by atoms with Crippen molar-refractivity contribution < 1.29 is 4.79 Å². The Balaban J connectivity index is 2.19. The first-order valence-electron chi connectivity index (χ1n) is 11.6. The summed E-state index contributed by atoms with van der Waals surface area (Å²) in [4.78, 5) is 18.7. The molecule has 1 unspecified atom stereocenters. The summed E-state index contributed by atoms with van der Waals surface area (Å²) in [7, 11) is 0. The minimum atomic E-state index is -0.161. The van der Waals surface area contributed by atoms with Crippen molar-refractivity contribution in [2.24, 2.45) is 5.92 Å². The maximum Gasteiger partial charge on any atom is 0.319 e. The van der Waals surface area contributed by atoms with Crippen LogP contribution in [0.3, 0.4) is 0 Å². The molecule has 2 aromatic rings. The largest absolute Gasteiger partial charge is 0.337 e. The third-order valence-corrected chi connectivity index (χ3v) is 7.15. The smallest absolute Gasteiger partial charge is 0.319 e. The third kappa shape index (κ3) is 8.04. The molecule has 0 fully saturated rings. The van der Waals surface area contributed by atoms with Gasteiger partial charge in [-0.15, -0.1) is 23.5 Å². The Bertz CT molecular complexity index is 872. The highest BCUT2D eigenvalue weighted by Crippen LogP contribution is 2.35. The molecule has 6 heteroatoms. The minimum absolute atomic E-state index is 0.161. The zero-order valence-corrected chi connectivity index (χ0v) is 22.3. The standard InChI is InChI=1S/C26H39N3OS2/c1-8-31-23-15-20(7)28-25(32-9-2)24(23)29-26(30)27-16-21(13-10-17(3)4)22-14-18(5)11-12-19(22)6/h11-12,14-15,17,21H,8-10,13,16H2,1-7H3,(H2,27,29,30). The molecule has 0 saturated carbocycles. The lowest BCUT2D eigenvalue weighted by Crippen LogP contribution is -2.33. The zero-order chi connectivity index (χ0) is 23.7. The maximum atomic E-state index is 13.0. The van der Waals surface area contributed by atoms with Crippen molar-refractivity contribution in [3.63, 3.8) is 0 Å². The SMILES string of the molecule is CCSc1cc(C)nc(SCC)c1NC(=O)NCC(CCC(C)C)c1cc(C)ccc1C. The summed E-state index contributed by atoms with van der Waals surface area (Å²) in [5.74, 6) is 2.79. The highest BCUT2D eigenvalue weighted by atomic mass is 32.2.